The third-order valence-electron chi connectivity index (χ3n) is 3.62. The molecule has 0 saturated heterocycles. The Morgan fingerprint density at radius 1 is 1.00 bits per heavy atom. The number of aliphatic imine (C=N–C) groups is 1. The SMILES string of the molecule is CCOCc1ccccc1CNC(=NC)NCc1ccc(Cl)cc1.I. The maximum atomic E-state index is 5.90. The first-order chi connectivity index (χ1) is 11.7. The molecular weight excluding hydrogens is 449 g/mol. The van der Waals surface area contributed by atoms with Crippen molar-refractivity contribution < 1.29 is 4.74 Å². The van der Waals surface area contributed by atoms with Crippen LogP contribution in [-0.4, -0.2) is 19.6 Å². The van der Waals surface area contributed by atoms with E-state index in [1.807, 2.05) is 43.3 Å². The summed E-state index contributed by atoms with van der Waals surface area (Å²) in [6, 6.07) is 16.0. The average Bonchev–Trinajstić information content (AvgIpc) is 2.62. The molecule has 0 amide bonds. The van der Waals surface area contributed by atoms with Gasteiger partial charge in [0, 0.05) is 31.8 Å². The second-order valence-electron chi connectivity index (χ2n) is 5.31. The molecule has 2 rings (SSSR count). The van der Waals surface area contributed by atoms with Gasteiger partial charge in [-0.15, -0.1) is 24.0 Å². The first-order valence-electron chi connectivity index (χ1n) is 8.06. The van der Waals surface area contributed by atoms with Crippen molar-refractivity contribution in [3.63, 3.8) is 0 Å². The largest absolute Gasteiger partial charge is 0.377 e. The van der Waals surface area contributed by atoms with E-state index in [4.69, 9.17) is 16.3 Å². The molecular formula is C19H25ClIN3O. The molecule has 0 radical (unpaired) electrons. The van der Waals surface area contributed by atoms with Gasteiger partial charge in [-0.05, 0) is 35.7 Å². The second-order valence-corrected chi connectivity index (χ2v) is 5.75. The van der Waals surface area contributed by atoms with E-state index in [2.05, 4.69) is 27.8 Å². The molecule has 6 heteroatoms. The van der Waals surface area contributed by atoms with Crippen LogP contribution in [0.3, 0.4) is 0 Å². The van der Waals surface area contributed by atoms with Crippen molar-refractivity contribution in [2.24, 2.45) is 4.99 Å². The van der Waals surface area contributed by atoms with Gasteiger partial charge in [0.25, 0.3) is 0 Å². The highest BCUT2D eigenvalue weighted by Gasteiger charge is 2.04. The van der Waals surface area contributed by atoms with E-state index < -0.39 is 0 Å². The summed E-state index contributed by atoms with van der Waals surface area (Å²) < 4.78 is 5.52. The van der Waals surface area contributed by atoms with Gasteiger partial charge in [-0.2, -0.15) is 0 Å². The van der Waals surface area contributed by atoms with Gasteiger partial charge in [0.2, 0.25) is 0 Å². The van der Waals surface area contributed by atoms with Gasteiger partial charge in [-0.1, -0.05) is 48.0 Å². The van der Waals surface area contributed by atoms with Crippen LogP contribution in [0.25, 0.3) is 0 Å². The summed E-state index contributed by atoms with van der Waals surface area (Å²) in [5.74, 6) is 0.760. The molecule has 4 nitrogen and oxygen atoms in total. The maximum absolute atomic E-state index is 5.90. The van der Waals surface area contributed by atoms with Crippen molar-refractivity contribution in [1.82, 2.24) is 10.6 Å². The van der Waals surface area contributed by atoms with E-state index >= 15 is 0 Å². The summed E-state index contributed by atoms with van der Waals surface area (Å²) in [4.78, 5) is 4.26. The average molecular weight is 474 g/mol. The molecule has 0 heterocycles. The van der Waals surface area contributed by atoms with Crippen LogP contribution < -0.4 is 10.6 Å². The van der Waals surface area contributed by atoms with Crippen LogP contribution in [0.15, 0.2) is 53.5 Å². The Morgan fingerprint density at radius 2 is 1.64 bits per heavy atom. The number of guanidine groups is 1. The van der Waals surface area contributed by atoms with Crippen LogP contribution in [0, 0.1) is 0 Å². The monoisotopic (exact) mass is 473 g/mol. The Kier molecular flexibility index (Phi) is 10.5. The molecule has 0 spiro atoms. The number of rotatable bonds is 7. The van der Waals surface area contributed by atoms with Gasteiger partial charge in [-0.3, -0.25) is 4.99 Å². The minimum absolute atomic E-state index is 0. The number of hydrogen-bond acceptors (Lipinski definition) is 2. The van der Waals surface area contributed by atoms with Crippen LogP contribution >= 0.6 is 35.6 Å². The Bertz CT molecular complexity index is 662. The fourth-order valence-electron chi connectivity index (χ4n) is 2.27. The summed E-state index contributed by atoms with van der Waals surface area (Å²) in [5, 5.41) is 7.39. The lowest BCUT2D eigenvalue weighted by Gasteiger charge is -2.14. The molecule has 0 aliphatic carbocycles. The maximum Gasteiger partial charge on any atom is 0.191 e. The van der Waals surface area contributed by atoms with Gasteiger partial charge in [0.1, 0.15) is 0 Å². The minimum atomic E-state index is 0. The van der Waals surface area contributed by atoms with E-state index in [9.17, 15) is 0 Å². The van der Waals surface area contributed by atoms with Crippen LogP contribution in [0.2, 0.25) is 5.02 Å². The lowest BCUT2D eigenvalue weighted by molar-refractivity contribution is 0.133. The van der Waals surface area contributed by atoms with Crippen molar-refractivity contribution in [3.8, 4) is 0 Å². The lowest BCUT2D eigenvalue weighted by atomic mass is 10.1. The number of nitrogens with zero attached hydrogens (tertiary/aromatic N) is 1. The van der Waals surface area contributed by atoms with Crippen molar-refractivity contribution in [2.75, 3.05) is 13.7 Å². The highest BCUT2D eigenvalue weighted by atomic mass is 127. The topological polar surface area (TPSA) is 45.6 Å². The smallest absolute Gasteiger partial charge is 0.191 e. The van der Waals surface area contributed by atoms with E-state index in [0.717, 1.165) is 16.5 Å². The van der Waals surface area contributed by atoms with Crippen molar-refractivity contribution in [2.45, 2.75) is 26.6 Å². The molecule has 0 bridgehead atoms. The Morgan fingerprint density at radius 3 is 2.28 bits per heavy atom. The summed E-state index contributed by atoms with van der Waals surface area (Å²) in [5.41, 5.74) is 3.56. The Hall–Kier alpha value is -1.31. The fourth-order valence-corrected chi connectivity index (χ4v) is 2.40. The summed E-state index contributed by atoms with van der Waals surface area (Å²) in [7, 11) is 1.77. The molecule has 0 unspecified atom stereocenters. The minimum Gasteiger partial charge on any atom is -0.377 e. The number of halogens is 2. The van der Waals surface area contributed by atoms with Crippen LogP contribution in [0.4, 0.5) is 0 Å². The van der Waals surface area contributed by atoms with E-state index in [0.29, 0.717) is 26.3 Å². The Balaban J connectivity index is 0.00000312. The first-order valence-corrected chi connectivity index (χ1v) is 8.44. The number of hydrogen-bond donors (Lipinski definition) is 2. The van der Waals surface area contributed by atoms with Crippen molar-refractivity contribution >= 4 is 41.5 Å². The normalized spacial score (nSPS) is 10.9. The quantitative estimate of drug-likeness (QED) is 0.357. The molecule has 2 N–H and O–H groups in total. The van der Waals surface area contributed by atoms with Gasteiger partial charge in [-0.25, -0.2) is 0 Å². The van der Waals surface area contributed by atoms with Gasteiger partial charge < -0.3 is 15.4 Å². The zero-order chi connectivity index (χ0) is 17.2. The molecule has 2 aromatic rings. The Labute approximate surface area is 172 Å². The molecule has 0 atom stereocenters. The lowest BCUT2D eigenvalue weighted by Crippen LogP contribution is -2.36. The molecule has 25 heavy (non-hydrogen) atoms. The standard InChI is InChI=1S/C19H24ClN3O.HI/c1-3-24-14-17-7-5-4-6-16(17)13-23-19(21-2)22-12-15-8-10-18(20)11-9-15;/h4-11H,3,12-14H2,1-2H3,(H2,21,22,23);1H. The predicted molar refractivity (Wildman–Crippen MR) is 116 cm³/mol. The molecule has 2 aromatic carbocycles. The second kappa shape index (κ2) is 12.1. The zero-order valence-electron chi connectivity index (χ0n) is 14.6. The third-order valence-corrected chi connectivity index (χ3v) is 3.88. The summed E-state index contributed by atoms with van der Waals surface area (Å²) in [6.07, 6.45) is 0. The van der Waals surface area contributed by atoms with Crippen LogP contribution in [0.5, 0.6) is 0 Å². The van der Waals surface area contributed by atoms with E-state index in [1.54, 1.807) is 7.05 Å². The van der Waals surface area contributed by atoms with Gasteiger partial charge in [0.05, 0.1) is 6.61 Å². The third kappa shape index (κ3) is 7.63. The zero-order valence-corrected chi connectivity index (χ0v) is 17.7. The van der Waals surface area contributed by atoms with Crippen LogP contribution in [-0.2, 0) is 24.4 Å². The fraction of sp³-hybridized carbons (Fsp3) is 0.316. The van der Waals surface area contributed by atoms with Crippen molar-refractivity contribution in [3.05, 3.63) is 70.2 Å². The highest BCUT2D eigenvalue weighted by molar-refractivity contribution is 14.0. The summed E-state index contributed by atoms with van der Waals surface area (Å²) in [6.45, 7) is 4.74. The number of nitrogens with one attached hydrogen (secondary N) is 2. The van der Waals surface area contributed by atoms with Crippen molar-refractivity contribution in [1.29, 1.82) is 0 Å². The number of ether oxygens (including phenoxy) is 1. The molecule has 0 aliphatic rings. The van der Waals surface area contributed by atoms with E-state index in [1.165, 1.54) is 11.1 Å². The predicted octanol–water partition coefficient (Wildman–Crippen LogP) is 4.36. The molecule has 0 saturated carbocycles. The molecule has 0 aliphatic heterocycles. The van der Waals surface area contributed by atoms with Gasteiger partial charge in [0.15, 0.2) is 5.96 Å². The highest BCUT2D eigenvalue weighted by Crippen LogP contribution is 2.10. The first kappa shape index (κ1) is 21.7. The summed E-state index contributed by atoms with van der Waals surface area (Å²) >= 11 is 5.90. The molecule has 0 aromatic heterocycles. The molecule has 136 valence electrons. The van der Waals surface area contributed by atoms with E-state index in [-0.39, 0.29) is 24.0 Å². The van der Waals surface area contributed by atoms with Crippen LogP contribution in [0.1, 0.15) is 23.6 Å². The van der Waals surface area contributed by atoms with Gasteiger partial charge >= 0.3 is 0 Å². The molecule has 0 fully saturated rings. The number of benzene rings is 2.